The largest absolute Gasteiger partial charge is 0.465 e. The van der Waals surface area contributed by atoms with Gasteiger partial charge in [-0.1, -0.05) is 31.0 Å². The van der Waals surface area contributed by atoms with E-state index in [1.54, 1.807) is 23.1 Å². The summed E-state index contributed by atoms with van der Waals surface area (Å²) < 4.78 is 21.4. The number of pyridine rings is 1. The van der Waals surface area contributed by atoms with Crippen molar-refractivity contribution >= 4 is 5.97 Å². The zero-order valence-electron chi connectivity index (χ0n) is 16.7. The van der Waals surface area contributed by atoms with Crippen LogP contribution in [0.4, 0.5) is 4.39 Å². The standard InChI is InChI=1S/C23H24FN3O2/c1-16-7-8-17(12-20(16)22(28)29-2)21-19(6-5-11-25-21)18-13-26-27(14-18)15-23(24)9-3-4-10-23/h5-8,11-14H,3-4,9-10,15H2,1-2H3. The van der Waals surface area contributed by atoms with Crippen molar-refractivity contribution in [2.75, 3.05) is 7.11 Å². The molecular weight excluding hydrogens is 369 g/mol. The number of benzene rings is 1. The molecule has 3 aromatic rings. The Kier molecular flexibility index (Phi) is 5.18. The second-order valence-electron chi connectivity index (χ2n) is 7.71. The van der Waals surface area contributed by atoms with E-state index in [1.807, 2.05) is 37.4 Å². The van der Waals surface area contributed by atoms with Gasteiger partial charge in [-0.3, -0.25) is 9.67 Å². The van der Waals surface area contributed by atoms with Crippen molar-refractivity contribution in [3.63, 3.8) is 0 Å². The molecule has 0 N–H and O–H groups in total. The van der Waals surface area contributed by atoms with Crippen molar-refractivity contribution in [3.8, 4) is 22.4 Å². The molecule has 150 valence electrons. The number of ether oxygens (including phenoxy) is 1. The highest BCUT2D eigenvalue weighted by atomic mass is 19.1. The second kappa shape index (κ2) is 7.78. The van der Waals surface area contributed by atoms with Gasteiger partial charge < -0.3 is 4.74 Å². The van der Waals surface area contributed by atoms with Gasteiger partial charge in [-0.25, -0.2) is 9.18 Å². The van der Waals surface area contributed by atoms with E-state index in [9.17, 15) is 9.18 Å². The van der Waals surface area contributed by atoms with Gasteiger partial charge in [0.1, 0.15) is 5.67 Å². The van der Waals surface area contributed by atoms with Crippen LogP contribution in [-0.4, -0.2) is 33.5 Å². The van der Waals surface area contributed by atoms with E-state index in [1.165, 1.54) is 7.11 Å². The normalized spacial score (nSPS) is 15.4. The fourth-order valence-electron chi connectivity index (χ4n) is 4.01. The monoisotopic (exact) mass is 393 g/mol. The number of nitrogens with zero attached hydrogens (tertiary/aromatic N) is 3. The third-order valence-corrected chi connectivity index (χ3v) is 5.61. The lowest BCUT2D eigenvalue weighted by Crippen LogP contribution is -2.25. The summed E-state index contributed by atoms with van der Waals surface area (Å²) in [5, 5.41) is 4.38. The predicted octanol–water partition coefficient (Wildman–Crippen LogP) is 4.99. The molecule has 6 heteroatoms. The van der Waals surface area contributed by atoms with Crippen LogP contribution in [0.2, 0.25) is 0 Å². The van der Waals surface area contributed by atoms with Crippen LogP contribution in [0.5, 0.6) is 0 Å². The Labute approximate surface area is 169 Å². The maximum Gasteiger partial charge on any atom is 0.338 e. The molecule has 0 amide bonds. The van der Waals surface area contributed by atoms with Gasteiger partial charge in [0, 0.05) is 29.1 Å². The van der Waals surface area contributed by atoms with Crippen LogP contribution in [-0.2, 0) is 11.3 Å². The summed E-state index contributed by atoms with van der Waals surface area (Å²) in [5.74, 6) is -0.376. The van der Waals surface area contributed by atoms with Gasteiger partial charge in [-0.2, -0.15) is 5.10 Å². The molecule has 0 saturated heterocycles. The SMILES string of the molecule is COC(=O)c1cc(-c2ncccc2-c2cnn(CC3(F)CCCC3)c2)ccc1C. The number of methoxy groups -OCH3 is 1. The average molecular weight is 393 g/mol. The molecule has 1 aliphatic carbocycles. The van der Waals surface area contributed by atoms with E-state index in [-0.39, 0.29) is 12.5 Å². The summed E-state index contributed by atoms with van der Waals surface area (Å²) in [6, 6.07) is 9.44. The third-order valence-electron chi connectivity index (χ3n) is 5.61. The smallest absolute Gasteiger partial charge is 0.338 e. The zero-order valence-corrected chi connectivity index (χ0v) is 16.7. The number of hydrogen-bond donors (Lipinski definition) is 0. The molecule has 2 aromatic heterocycles. The van der Waals surface area contributed by atoms with Crippen LogP contribution in [0, 0.1) is 6.92 Å². The van der Waals surface area contributed by atoms with Gasteiger partial charge in [0.25, 0.3) is 0 Å². The number of halogens is 1. The number of aryl methyl sites for hydroxylation is 1. The average Bonchev–Trinajstić information content (AvgIpc) is 3.37. The number of aromatic nitrogens is 3. The summed E-state index contributed by atoms with van der Waals surface area (Å²) in [5.41, 5.74) is 3.51. The minimum atomic E-state index is -1.16. The number of esters is 1. The van der Waals surface area contributed by atoms with Crippen LogP contribution in [0.1, 0.15) is 41.6 Å². The number of carbonyl (C=O) groups excluding carboxylic acids is 1. The highest BCUT2D eigenvalue weighted by Gasteiger charge is 2.34. The van der Waals surface area contributed by atoms with Gasteiger partial charge in [-0.15, -0.1) is 0 Å². The minimum Gasteiger partial charge on any atom is -0.465 e. The molecule has 1 aromatic carbocycles. The molecule has 0 unspecified atom stereocenters. The molecule has 5 nitrogen and oxygen atoms in total. The predicted molar refractivity (Wildman–Crippen MR) is 109 cm³/mol. The lowest BCUT2D eigenvalue weighted by Gasteiger charge is -2.18. The number of carbonyl (C=O) groups is 1. The van der Waals surface area contributed by atoms with Gasteiger partial charge in [0.2, 0.25) is 0 Å². The van der Waals surface area contributed by atoms with Gasteiger partial charge in [0.15, 0.2) is 0 Å². The fourth-order valence-corrected chi connectivity index (χ4v) is 4.01. The first-order chi connectivity index (χ1) is 14.0. The Bertz CT molecular complexity index is 1040. The highest BCUT2D eigenvalue weighted by molar-refractivity contribution is 5.93. The lowest BCUT2D eigenvalue weighted by molar-refractivity contribution is 0.0600. The van der Waals surface area contributed by atoms with Crippen molar-refractivity contribution in [3.05, 3.63) is 60.0 Å². The minimum absolute atomic E-state index is 0.277. The van der Waals surface area contributed by atoms with E-state index in [0.29, 0.717) is 18.4 Å². The van der Waals surface area contributed by atoms with E-state index in [2.05, 4.69) is 10.1 Å². The van der Waals surface area contributed by atoms with Crippen LogP contribution < -0.4 is 0 Å². The lowest BCUT2D eigenvalue weighted by atomic mass is 9.98. The molecule has 0 spiro atoms. The molecular formula is C23H24FN3O2. The Hall–Kier alpha value is -3.02. The molecule has 0 atom stereocenters. The second-order valence-corrected chi connectivity index (χ2v) is 7.71. The van der Waals surface area contributed by atoms with Crippen molar-refractivity contribution in [2.45, 2.75) is 44.8 Å². The first kappa shape index (κ1) is 19.3. The maximum atomic E-state index is 14.8. The zero-order chi connectivity index (χ0) is 20.4. The van der Waals surface area contributed by atoms with E-state index in [4.69, 9.17) is 4.74 Å². The van der Waals surface area contributed by atoms with Gasteiger partial charge in [0.05, 0.1) is 31.1 Å². The molecule has 1 aliphatic rings. The van der Waals surface area contributed by atoms with Gasteiger partial charge >= 0.3 is 5.97 Å². The van der Waals surface area contributed by atoms with Crippen LogP contribution in [0.25, 0.3) is 22.4 Å². The summed E-state index contributed by atoms with van der Waals surface area (Å²) in [6.45, 7) is 2.15. The molecule has 0 bridgehead atoms. The maximum absolute atomic E-state index is 14.8. The summed E-state index contributed by atoms with van der Waals surface area (Å²) in [6.07, 6.45) is 8.40. The molecule has 2 heterocycles. The molecule has 1 saturated carbocycles. The fraction of sp³-hybridized carbons (Fsp3) is 0.348. The topological polar surface area (TPSA) is 57.0 Å². The van der Waals surface area contributed by atoms with Crippen molar-refractivity contribution in [2.24, 2.45) is 0 Å². The summed E-state index contributed by atoms with van der Waals surface area (Å²) in [4.78, 5) is 16.6. The Morgan fingerprint density at radius 3 is 2.79 bits per heavy atom. The van der Waals surface area contributed by atoms with Crippen LogP contribution in [0.15, 0.2) is 48.9 Å². The molecule has 0 aliphatic heterocycles. The first-order valence-corrected chi connectivity index (χ1v) is 9.85. The van der Waals surface area contributed by atoms with Crippen LogP contribution in [0.3, 0.4) is 0 Å². The highest BCUT2D eigenvalue weighted by Crippen LogP contribution is 2.36. The number of rotatable bonds is 5. The van der Waals surface area contributed by atoms with Crippen molar-refractivity contribution in [1.29, 1.82) is 0 Å². The van der Waals surface area contributed by atoms with E-state index in [0.717, 1.165) is 40.8 Å². The quantitative estimate of drug-likeness (QED) is 0.573. The van der Waals surface area contributed by atoms with Crippen LogP contribution >= 0.6 is 0 Å². The first-order valence-electron chi connectivity index (χ1n) is 9.85. The number of alkyl halides is 1. The molecule has 1 fully saturated rings. The van der Waals surface area contributed by atoms with E-state index < -0.39 is 5.67 Å². The van der Waals surface area contributed by atoms with Crippen molar-refractivity contribution < 1.29 is 13.9 Å². The number of hydrogen-bond acceptors (Lipinski definition) is 4. The summed E-state index contributed by atoms with van der Waals surface area (Å²) in [7, 11) is 1.37. The molecule has 29 heavy (non-hydrogen) atoms. The Morgan fingerprint density at radius 2 is 2.03 bits per heavy atom. The summed E-state index contributed by atoms with van der Waals surface area (Å²) >= 11 is 0. The Balaban J connectivity index is 1.69. The molecule has 4 rings (SSSR count). The third kappa shape index (κ3) is 3.92. The Morgan fingerprint density at radius 1 is 1.24 bits per heavy atom. The van der Waals surface area contributed by atoms with E-state index >= 15 is 0 Å². The van der Waals surface area contributed by atoms with Gasteiger partial charge in [-0.05, 0) is 37.5 Å². The molecule has 0 radical (unpaired) electrons. The van der Waals surface area contributed by atoms with Crippen molar-refractivity contribution in [1.82, 2.24) is 14.8 Å².